The molecule has 0 bridgehead atoms. The van der Waals surface area contributed by atoms with Gasteiger partial charge in [0, 0.05) is 64.0 Å². The molecule has 2 aliphatic heterocycles. The number of nitrogens with zero attached hydrogens (tertiary/aromatic N) is 3. The van der Waals surface area contributed by atoms with E-state index in [0.717, 1.165) is 63.5 Å². The SMILES string of the molecule is CCOCc1cc(CN2CC[C@H](N3CCN(C)CC3)[C@@H](O)C2)ccc1OC. The van der Waals surface area contributed by atoms with E-state index in [4.69, 9.17) is 9.47 Å². The second-order valence-corrected chi connectivity index (χ2v) is 7.78. The quantitative estimate of drug-likeness (QED) is 0.776. The molecule has 0 aliphatic carbocycles. The molecule has 2 heterocycles. The molecule has 6 nitrogen and oxygen atoms in total. The Morgan fingerprint density at radius 1 is 1.15 bits per heavy atom. The predicted octanol–water partition coefficient (Wildman–Crippen LogP) is 1.41. The Hall–Kier alpha value is -1.18. The number of aliphatic hydroxyl groups is 1. The van der Waals surface area contributed by atoms with Crippen molar-refractivity contribution in [3.63, 3.8) is 0 Å². The average Bonchev–Trinajstić information content (AvgIpc) is 2.67. The van der Waals surface area contributed by atoms with Gasteiger partial charge in [0.25, 0.3) is 0 Å². The van der Waals surface area contributed by atoms with E-state index >= 15 is 0 Å². The molecule has 0 aromatic heterocycles. The van der Waals surface area contributed by atoms with Gasteiger partial charge >= 0.3 is 0 Å². The van der Waals surface area contributed by atoms with Crippen LogP contribution in [0.2, 0.25) is 0 Å². The molecule has 2 saturated heterocycles. The fraction of sp³-hybridized carbons (Fsp3) is 0.714. The Balaban J connectivity index is 1.56. The zero-order valence-electron chi connectivity index (χ0n) is 17.1. The molecule has 0 saturated carbocycles. The van der Waals surface area contributed by atoms with Crippen LogP contribution in [0.4, 0.5) is 0 Å². The van der Waals surface area contributed by atoms with E-state index in [1.807, 2.05) is 13.0 Å². The third kappa shape index (κ3) is 5.42. The lowest BCUT2D eigenvalue weighted by Gasteiger charge is -2.44. The second kappa shape index (κ2) is 9.85. The topological polar surface area (TPSA) is 48.4 Å². The zero-order chi connectivity index (χ0) is 19.2. The second-order valence-electron chi connectivity index (χ2n) is 7.78. The van der Waals surface area contributed by atoms with Crippen LogP contribution in [0.25, 0.3) is 0 Å². The van der Waals surface area contributed by atoms with Gasteiger partial charge in [-0.1, -0.05) is 6.07 Å². The average molecular weight is 378 g/mol. The molecular formula is C21H35N3O3. The molecular weight excluding hydrogens is 342 g/mol. The molecule has 0 amide bonds. The number of hydrogen-bond acceptors (Lipinski definition) is 6. The summed E-state index contributed by atoms with van der Waals surface area (Å²) in [7, 11) is 3.87. The van der Waals surface area contributed by atoms with Crippen LogP contribution < -0.4 is 4.74 Å². The Morgan fingerprint density at radius 3 is 2.59 bits per heavy atom. The van der Waals surface area contributed by atoms with E-state index in [1.54, 1.807) is 7.11 Å². The fourth-order valence-corrected chi connectivity index (χ4v) is 4.22. The summed E-state index contributed by atoms with van der Waals surface area (Å²) in [5.74, 6) is 0.876. The van der Waals surface area contributed by atoms with E-state index < -0.39 is 0 Å². The zero-order valence-corrected chi connectivity index (χ0v) is 17.1. The maximum absolute atomic E-state index is 10.8. The minimum absolute atomic E-state index is 0.275. The lowest BCUT2D eigenvalue weighted by atomic mass is 9.98. The lowest BCUT2D eigenvalue weighted by Crippen LogP contribution is -2.58. The van der Waals surface area contributed by atoms with Gasteiger partial charge in [0.05, 0.1) is 19.8 Å². The monoisotopic (exact) mass is 377 g/mol. The van der Waals surface area contributed by atoms with E-state index in [0.29, 0.717) is 19.3 Å². The van der Waals surface area contributed by atoms with Crippen molar-refractivity contribution in [1.82, 2.24) is 14.7 Å². The number of methoxy groups -OCH3 is 1. The molecule has 0 radical (unpaired) electrons. The van der Waals surface area contributed by atoms with Gasteiger partial charge in [0.1, 0.15) is 5.75 Å². The molecule has 2 aliphatic rings. The summed E-state index contributed by atoms with van der Waals surface area (Å²) < 4.78 is 11.0. The molecule has 152 valence electrons. The van der Waals surface area contributed by atoms with Crippen LogP contribution in [0.3, 0.4) is 0 Å². The number of hydrogen-bond donors (Lipinski definition) is 1. The van der Waals surface area contributed by atoms with Crippen LogP contribution in [0.5, 0.6) is 5.75 Å². The first-order chi connectivity index (χ1) is 13.1. The van der Waals surface area contributed by atoms with E-state index in [9.17, 15) is 5.11 Å². The summed E-state index contributed by atoms with van der Waals surface area (Å²) in [5.41, 5.74) is 2.33. The third-order valence-corrected chi connectivity index (χ3v) is 5.85. The standard InChI is InChI=1S/C21H35N3O3/c1-4-27-16-18-13-17(5-6-21(18)26-3)14-23-8-7-19(20(25)15-23)24-11-9-22(2)10-12-24/h5-6,13,19-20,25H,4,7-12,14-16H2,1-3H3/t19-,20-/m0/s1. The van der Waals surface area contributed by atoms with Crippen molar-refractivity contribution >= 4 is 0 Å². The molecule has 2 fully saturated rings. The molecule has 27 heavy (non-hydrogen) atoms. The number of benzene rings is 1. The minimum Gasteiger partial charge on any atom is -0.496 e. The van der Waals surface area contributed by atoms with Crippen molar-refractivity contribution in [3.8, 4) is 5.75 Å². The Morgan fingerprint density at radius 2 is 1.93 bits per heavy atom. The Bertz CT molecular complexity index is 590. The summed E-state index contributed by atoms with van der Waals surface area (Å²) in [6.45, 7) is 10.2. The number of ether oxygens (including phenoxy) is 2. The molecule has 2 atom stereocenters. The highest BCUT2D eigenvalue weighted by Crippen LogP contribution is 2.24. The van der Waals surface area contributed by atoms with Gasteiger partial charge in [-0.05, 0) is 38.1 Å². The smallest absolute Gasteiger partial charge is 0.124 e. The van der Waals surface area contributed by atoms with Crippen molar-refractivity contribution in [2.45, 2.75) is 38.6 Å². The van der Waals surface area contributed by atoms with Gasteiger partial charge in [-0.15, -0.1) is 0 Å². The van der Waals surface area contributed by atoms with Crippen LogP contribution in [0.15, 0.2) is 18.2 Å². The highest BCUT2D eigenvalue weighted by molar-refractivity contribution is 5.37. The number of likely N-dealkylation sites (tertiary alicyclic amines) is 1. The molecule has 3 rings (SSSR count). The number of likely N-dealkylation sites (N-methyl/N-ethyl adjacent to an activating group) is 1. The minimum atomic E-state index is -0.275. The van der Waals surface area contributed by atoms with Crippen molar-refractivity contribution < 1.29 is 14.6 Å². The number of rotatable bonds is 7. The molecule has 0 unspecified atom stereocenters. The fourth-order valence-electron chi connectivity index (χ4n) is 4.22. The molecule has 1 aromatic carbocycles. The molecule has 6 heteroatoms. The van der Waals surface area contributed by atoms with Crippen LogP contribution in [-0.4, -0.2) is 92.0 Å². The summed E-state index contributed by atoms with van der Waals surface area (Å²) in [5, 5.41) is 10.8. The maximum atomic E-state index is 10.8. The Labute approximate surface area is 163 Å². The van der Waals surface area contributed by atoms with Crippen LogP contribution >= 0.6 is 0 Å². The van der Waals surface area contributed by atoms with Gasteiger partial charge in [-0.25, -0.2) is 0 Å². The summed E-state index contributed by atoms with van der Waals surface area (Å²) >= 11 is 0. The molecule has 1 aromatic rings. The number of piperidine rings is 1. The number of β-amino-alcohol motifs (C(OH)–C–C–N with tert-alkyl or cyclic N) is 1. The summed E-state index contributed by atoms with van der Waals surface area (Å²) in [6.07, 6.45) is 0.760. The van der Waals surface area contributed by atoms with Gasteiger partial charge in [0.15, 0.2) is 0 Å². The van der Waals surface area contributed by atoms with Gasteiger partial charge in [-0.2, -0.15) is 0 Å². The van der Waals surface area contributed by atoms with Crippen LogP contribution in [0, 0.1) is 0 Å². The highest BCUT2D eigenvalue weighted by Gasteiger charge is 2.33. The lowest BCUT2D eigenvalue weighted by molar-refractivity contribution is -0.0286. The first-order valence-electron chi connectivity index (χ1n) is 10.2. The van der Waals surface area contributed by atoms with Crippen molar-refractivity contribution in [3.05, 3.63) is 29.3 Å². The predicted molar refractivity (Wildman–Crippen MR) is 107 cm³/mol. The van der Waals surface area contributed by atoms with Crippen molar-refractivity contribution in [2.24, 2.45) is 0 Å². The van der Waals surface area contributed by atoms with Gasteiger partial charge in [0.2, 0.25) is 0 Å². The normalized spacial score (nSPS) is 25.6. The highest BCUT2D eigenvalue weighted by atomic mass is 16.5. The maximum Gasteiger partial charge on any atom is 0.124 e. The number of piperazine rings is 1. The first-order valence-corrected chi connectivity index (χ1v) is 10.2. The van der Waals surface area contributed by atoms with E-state index in [1.165, 1.54) is 5.56 Å². The number of aliphatic hydroxyl groups excluding tert-OH is 1. The third-order valence-electron chi connectivity index (χ3n) is 5.85. The van der Waals surface area contributed by atoms with E-state index in [-0.39, 0.29) is 6.10 Å². The summed E-state index contributed by atoms with van der Waals surface area (Å²) in [4.78, 5) is 7.21. The summed E-state index contributed by atoms with van der Waals surface area (Å²) in [6, 6.07) is 6.62. The van der Waals surface area contributed by atoms with Gasteiger partial charge in [-0.3, -0.25) is 9.80 Å². The van der Waals surface area contributed by atoms with Crippen LogP contribution in [-0.2, 0) is 17.9 Å². The van der Waals surface area contributed by atoms with Crippen molar-refractivity contribution in [2.75, 3.05) is 60.0 Å². The van der Waals surface area contributed by atoms with Crippen molar-refractivity contribution in [1.29, 1.82) is 0 Å². The molecule has 1 N–H and O–H groups in total. The largest absolute Gasteiger partial charge is 0.496 e. The Kier molecular flexibility index (Phi) is 7.49. The first kappa shape index (κ1) is 20.6. The molecule has 0 spiro atoms. The van der Waals surface area contributed by atoms with Crippen LogP contribution in [0.1, 0.15) is 24.5 Å². The van der Waals surface area contributed by atoms with Gasteiger partial charge < -0.3 is 19.5 Å². The van der Waals surface area contributed by atoms with E-state index in [2.05, 4.69) is 33.9 Å².